The molecular weight excluding hydrogens is 324 g/mol. The lowest BCUT2D eigenvalue weighted by molar-refractivity contribution is -0.383. The Labute approximate surface area is 144 Å². The fourth-order valence-electron chi connectivity index (χ4n) is 3.24. The minimum absolute atomic E-state index is 0.0101. The molecule has 1 atom stereocenters. The van der Waals surface area contributed by atoms with E-state index in [-0.39, 0.29) is 17.8 Å². The van der Waals surface area contributed by atoms with Crippen molar-refractivity contribution in [3.05, 3.63) is 40.1 Å². The molecule has 0 radical (unpaired) electrons. The Hall–Kier alpha value is -2.90. The maximum absolute atomic E-state index is 11.7. The number of aromatic nitrogens is 1. The average Bonchev–Trinajstić information content (AvgIpc) is 2.60. The van der Waals surface area contributed by atoms with Gasteiger partial charge in [0.15, 0.2) is 5.52 Å². The van der Waals surface area contributed by atoms with Gasteiger partial charge in [-0.05, 0) is 25.8 Å². The topological polar surface area (TPSA) is 97.6 Å². The number of nitro groups is 1. The first-order valence-electron chi connectivity index (χ1n) is 8.14. The number of para-hydroxylation sites is 1. The molecule has 1 aliphatic heterocycles. The third-order valence-corrected chi connectivity index (χ3v) is 4.36. The van der Waals surface area contributed by atoms with Crippen molar-refractivity contribution in [2.45, 2.75) is 25.8 Å². The minimum Gasteiger partial charge on any atom is -0.453 e. The Morgan fingerprint density at radius 1 is 1.48 bits per heavy atom. The highest BCUT2D eigenvalue weighted by Crippen LogP contribution is 2.31. The predicted molar refractivity (Wildman–Crippen MR) is 93.8 cm³/mol. The van der Waals surface area contributed by atoms with Crippen LogP contribution >= 0.6 is 0 Å². The van der Waals surface area contributed by atoms with Crippen LogP contribution in [0.5, 0.6) is 0 Å². The zero-order chi connectivity index (χ0) is 18.0. The number of nitrogens with one attached hydrogen (secondary N) is 1. The van der Waals surface area contributed by atoms with Gasteiger partial charge in [-0.2, -0.15) is 0 Å². The van der Waals surface area contributed by atoms with Crippen LogP contribution in [-0.2, 0) is 4.74 Å². The van der Waals surface area contributed by atoms with E-state index in [1.165, 1.54) is 13.2 Å². The van der Waals surface area contributed by atoms with E-state index >= 15 is 0 Å². The number of aryl methyl sites for hydroxylation is 1. The third kappa shape index (κ3) is 3.47. The number of carbonyl (C=O) groups is 1. The van der Waals surface area contributed by atoms with Gasteiger partial charge in [0.2, 0.25) is 0 Å². The van der Waals surface area contributed by atoms with Gasteiger partial charge in [-0.3, -0.25) is 10.1 Å². The summed E-state index contributed by atoms with van der Waals surface area (Å²) in [7, 11) is 1.37. The molecule has 2 aromatic rings. The molecule has 25 heavy (non-hydrogen) atoms. The number of likely N-dealkylation sites (tertiary alicyclic amines) is 1. The third-order valence-electron chi connectivity index (χ3n) is 4.36. The first-order valence-corrected chi connectivity index (χ1v) is 8.14. The number of nitrogens with zero attached hydrogens (tertiary/aromatic N) is 3. The number of anilines is 1. The number of carbonyl (C=O) groups excluding carboxylic acids is 1. The molecule has 8 heteroatoms. The number of hydrogen-bond donors (Lipinski definition) is 1. The fraction of sp³-hybridized carbons (Fsp3) is 0.412. The number of ether oxygens (including phenoxy) is 1. The van der Waals surface area contributed by atoms with Crippen molar-refractivity contribution in [2.24, 2.45) is 0 Å². The summed E-state index contributed by atoms with van der Waals surface area (Å²) in [5, 5.41) is 15.4. The molecule has 2 heterocycles. The Morgan fingerprint density at radius 3 is 3.00 bits per heavy atom. The second-order valence-electron chi connectivity index (χ2n) is 6.14. The fourth-order valence-corrected chi connectivity index (χ4v) is 3.24. The van der Waals surface area contributed by atoms with Crippen molar-refractivity contribution in [3.8, 4) is 0 Å². The number of methoxy groups -OCH3 is 1. The summed E-state index contributed by atoms with van der Waals surface area (Å²) >= 11 is 0. The maximum atomic E-state index is 11.7. The lowest BCUT2D eigenvalue weighted by atomic mass is 10.0. The molecule has 1 aliphatic rings. The molecule has 1 fully saturated rings. The van der Waals surface area contributed by atoms with Crippen molar-refractivity contribution >= 4 is 28.4 Å². The standard InChI is InChI=1S/C17H20N4O4/c1-11-9-14(13-6-3-7-15(21(23)24)16(13)18-11)19-12-5-4-8-20(10-12)17(22)25-2/h3,6-7,9,12H,4-5,8,10H2,1-2H3,(H,18,19). The summed E-state index contributed by atoms with van der Waals surface area (Å²) in [5.74, 6) is 0. The smallest absolute Gasteiger partial charge is 0.409 e. The molecule has 1 saturated heterocycles. The summed E-state index contributed by atoms with van der Waals surface area (Å²) in [5.41, 5.74) is 1.85. The zero-order valence-electron chi connectivity index (χ0n) is 14.2. The Morgan fingerprint density at radius 2 is 2.28 bits per heavy atom. The van der Waals surface area contributed by atoms with Crippen molar-refractivity contribution in [2.75, 3.05) is 25.5 Å². The number of piperidine rings is 1. The Bertz CT molecular complexity index is 824. The van der Waals surface area contributed by atoms with E-state index in [0.717, 1.165) is 18.5 Å². The highest BCUT2D eigenvalue weighted by molar-refractivity contribution is 5.96. The normalized spacial score (nSPS) is 17.4. The lowest BCUT2D eigenvalue weighted by Gasteiger charge is -2.32. The summed E-state index contributed by atoms with van der Waals surface area (Å²) in [6.07, 6.45) is 1.44. The van der Waals surface area contributed by atoms with Crippen molar-refractivity contribution in [1.29, 1.82) is 0 Å². The van der Waals surface area contributed by atoms with Crippen LogP contribution in [0.1, 0.15) is 18.5 Å². The van der Waals surface area contributed by atoms with E-state index in [1.54, 1.807) is 11.0 Å². The summed E-state index contributed by atoms with van der Waals surface area (Å²) < 4.78 is 4.79. The SMILES string of the molecule is COC(=O)N1CCCC(Nc2cc(C)nc3c([N+](=O)[O-])cccc23)C1. The van der Waals surface area contributed by atoms with Crippen LogP contribution in [-0.4, -0.2) is 47.1 Å². The number of pyridine rings is 1. The van der Waals surface area contributed by atoms with E-state index in [4.69, 9.17) is 4.74 Å². The van der Waals surface area contributed by atoms with Crippen LogP contribution in [0.3, 0.4) is 0 Å². The highest BCUT2D eigenvalue weighted by atomic mass is 16.6. The number of non-ortho nitro benzene ring substituents is 1. The van der Waals surface area contributed by atoms with E-state index in [9.17, 15) is 14.9 Å². The average molecular weight is 344 g/mol. The van der Waals surface area contributed by atoms with Gasteiger partial charge in [0, 0.05) is 42.0 Å². The molecule has 0 bridgehead atoms. The highest BCUT2D eigenvalue weighted by Gasteiger charge is 2.25. The quantitative estimate of drug-likeness (QED) is 0.679. The molecule has 1 aromatic carbocycles. The van der Waals surface area contributed by atoms with Crippen LogP contribution in [0.4, 0.5) is 16.2 Å². The minimum atomic E-state index is -0.419. The van der Waals surface area contributed by atoms with E-state index in [2.05, 4.69) is 10.3 Å². The Balaban J connectivity index is 1.92. The van der Waals surface area contributed by atoms with Crippen LogP contribution in [0, 0.1) is 17.0 Å². The number of hydrogen-bond acceptors (Lipinski definition) is 6. The molecule has 1 amide bonds. The van der Waals surface area contributed by atoms with Crippen molar-refractivity contribution < 1.29 is 14.5 Å². The van der Waals surface area contributed by atoms with Gasteiger partial charge < -0.3 is 15.0 Å². The predicted octanol–water partition coefficient (Wildman–Crippen LogP) is 3.09. The van der Waals surface area contributed by atoms with Gasteiger partial charge in [0.1, 0.15) is 0 Å². The molecule has 0 spiro atoms. The second-order valence-corrected chi connectivity index (χ2v) is 6.14. The molecule has 0 aliphatic carbocycles. The van der Waals surface area contributed by atoms with Crippen molar-refractivity contribution in [3.63, 3.8) is 0 Å². The summed E-state index contributed by atoms with van der Waals surface area (Å²) in [6, 6.07) is 6.86. The zero-order valence-corrected chi connectivity index (χ0v) is 14.2. The van der Waals surface area contributed by atoms with Crippen molar-refractivity contribution in [1.82, 2.24) is 9.88 Å². The van der Waals surface area contributed by atoms with Crippen LogP contribution in [0.15, 0.2) is 24.3 Å². The number of nitro benzene ring substituents is 1. The molecule has 1 N–H and O–H groups in total. The van der Waals surface area contributed by atoms with Crippen LogP contribution in [0.25, 0.3) is 10.9 Å². The largest absolute Gasteiger partial charge is 0.453 e. The first-order chi connectivity index (χ1) is 12.0. The number of rotatable bonds is 3. The van der Waals surface area contributed by atoms with E-state index in [0.29, 0.717) is 29.7 Å². The summed E-state index contributed by atoms with van der Waals surface area (Å²) in [4.78, 5) is 28.6. The molecule has 132 valence electrons. The molecule has 1 aromatic heterocycles. The maximum Gasteiger partial charge on any atom is 0.409 e. The van der Waals surface area contributed by atoms with Gasteiger partial charge in [0.25, 0.3) is 5.69 Å². The first kappa shape index (κ1) is 16.9. The molecule has 3 rings (SSSR count). The van der Waals surface area contributed by atoms with Gasteiger partial charge in [-0.25, -0.2) is 9.78 Å². The van der Waals surface area contributed by atoms with Gasteiger partial charge in [-0.1, -0.05) is 12.1 Å². The van der Waals surface area contributed by atoms with E-state index < -0.39 is 4.92 Å². The monoisotopic (exact) mass is 344 g/mol. The van der Waals surface area contributed by atoms with E-state index in [1.807, 2.05) is 19.1 Å². The molecule has 1 unspecified atom stereocenters. The molecule has 0 saturated carbocycles. The molecular formula is C17H20N4O4. The second kappa shape index (κ2) is 6.92. The number of benzene rings is 1. The van der Waals surface area contributed by atoms with Gasteiger partial charge >= 0.3 is 6.09 Å². The van der Waals surface area contributed by atoms with Crippen LogP contribution in [0.2, 0.25) is 0 Å². The number of amides is 1. The summed E-state index contributed by atoms with van der Waals surface area (Å²) in [6.45, 7) is 3.01. The lowest BCUT2D eigenvalue weighted by Crippen LogP contribution is -2.45. The van der Waals surface area contributed by atoms with Gasteiger partial charge in [-0.15, -0.1) is 0 Å². The van der Waals surface area contributed by atoms with Crippen LogP contribution < -0.4 is 5.32 Å². The Kier molecular flexibility index (Phi) is 4.69. The number of fused-ring (bicyclic) bond motifs is 1. The van der Waals surface area contributed by atoms with Gasteiger partial charge in [0.05, 0.1) is 12.0 Å². The molecule has 8 nitrogen and oxygen atoms in total.